The zero-order chi connectivity index (χ0) is 16.1. The van der Waals surface area contributed by atoms with E-state index in [0.29, 0.717) is 11.4 Å². The molecule has 3 rings (SSSR count). The molecule has 1 aromatic carbocycles. The van der Waals surface area contributed by atoms with Crippen LogP contribution in [0.25, 0.3) is 11.5 Å². The number of carbonyl (C=O) groups excluding carboxylic acids is 1. The van der Waals surface area contributed by atoms with Crippen LogP contribution in [0, 0.1) is 5.82 Å². The first-order valence-corrected chi connectivity index (χ1v) is 7.62. The number of aromatic nitrogens is 3. The van der Waals surface area contributed by atoms with Crippen LogP contribution in [-0.4, -0.2) is 26.8 Å². The average molecular weight is 330 g/mol. The minimum atomic E-state index is -0.339. The summed E-state index contributed by atoms with van der Waals surface area (Å²) in [6.45, 7) is 0. The Morgan fingerprint density at radius 1 is 1.17 bits per heavy atom. The fourth-order valence-electron chi connectivity index (χ4n) is 1.72. The fraction of sp³-hybridized carbons (Fsp3) is 0.0667. The lowest BCUT2D eigenvalue weighted by Crippen LogP contribution is -2.14. The molecule has 116 valence electrons. The van der Waals surface area contributed by atoms with Crippen molar-refractivity contribution in [3.8, 4) is 11.5 Å². The van der Waals surface area contributed by atoms with Gasteiger partial charge in [0.25, 0.3) is 5.22 Å². The highest BCUT2D eigenvalue weighted by atomic mass is 32.2. The number of anilines is 1. The number of benzene rings is 1. The van der Waals surface area contributed by atoms with Gasteiger partial charge in [-0.3, -0.25) is 4.79 Å². The molecule has 0 bridgehead atoms. The quantitative estimate of drug-likeness (QED) is 0.724. The third-order valence-electron chi connectivity index (χ3n) is 2.76. The number of hydrogen-bond donors (Lipinski definition) is 1. The van der Waals surface area contributed by atoms with Gasteiger partial charge in [0, 0.05) is 11.8 Å². The van der Waals surface area contributed by atoms with E-state index in [0.717, 1.165) is 11.8 Å². The molecule has 0 saturated carbocycles. The Hall–Kier alpha value is -2.74. The van der Waals surface area contributed by atoms with Crippen molar-refractivity contribution in [1.82, 2.24) is 15.2 Å². The molecule has 0 atom stereocenters. The van der Waals surface area contributed by atoms with Crippen molar-refractivity contribution in [1.29, 1.82) is 0 Å². The number of amides is 1. The lowest BCUT2D eigenvalue weighted by atomic mass is 10.2. The first kappa shape index (κ1) is 15.2. The number of carbonyl (C=O) groups is 1. The Morgan fingerprint density at radius 2 is 2.00 bits per heavy atom. The van der Waals surface area contributed by atoms with Gasteiger partial charge in [-0.05, 0) is 36.4 Å². The number of nitrogens with zero attached hydrogens (tertiary/aromatic N) is 3. The van der Waals surface area contributed by atoms with Gasteiger partial charge >= 0.3 is 0 Å². The number of nitrogens with one attached hydrogen (secondary N) is 1. The summed E-state index contributed by atoms with van der Waals surface area (Å²) in [5.41, 5.74) is 0.615. The predicted molar refractivity (Wildman–Crippen MR) is 83.3 cm³/mol. The van der Waals surface area contributed by atoms with Crippen LogP contribution in [0.4, 0.5) is 10.2 Å². The summed E-state index contributed by atoms with van der Waals surface area (Å²) < 4.78 is 18.3. The maximum Gasteiger partial charge on any atom is 0.277 e. The molecular weight excluding hydrogens is 319 g/mol. The van der Waals surface area contributed by atoms with Gasteiger partial charge in [-0.2, -0.15) is 0 Å². The summed E-state index contributed by atoms with van der Waals surface area (Å²) in [6.07, 6.45) is 1.59. The molecule has 0 aliphatic rings. The molecule has 0 radical (unpaired) electrons. The van der Waals surface area contributed by atoms with Crippen LogP contribution in [0.15, 0.2) is 58.3 Å². The first-order valence-electron chi connectivity index (χ1n) is 6.64. The molecule has 3 aromatic rings. The minimum absolute atomic E-state index is 0.113. The second-order valence-electron chi connectivity index (χ2n) is 4.43. The normalized spacial score (nSPS) is 10.5. The highest BCUT2D eigenvalue weighted by Gasteiger charge is 2.11. The van der Waals surface area contributed by atoms with Gasteiger partial charge in [0.15, 0.2) is 0 Å². The molecule has 0 fully saturated rings. The average Bonchev–Trinajstić information content (AvgIpc) is 3.04. The lowest BCUT2D eigenvalue weighted by molar-refractivity contribution is -0.113. The minimum Gasteiger partial charge on any atom is -0.411 e. The van der Waals surface area contributed by atoms with Gasteiger partial charge in [0.2, 0.25) is 11.8 Å². The van der Waals surface area contributed by atoms with Crippen molar-refractivity contribution in [2.24, 2.45) is 0 Å². The van der Waals surface area contributed by atoms with E-state index in [1.54, 1.807) is 36.5 Å². The second-order valence-corrected chi connectivity index (χ2v) is 5.36. The van der Waals surface area contributed by atoms with Crippen molar-refractivity contribution in [3.05, 3.63) is 54.5 Å². The number of pyridine rings is 1. The number of thioether (sulfide) groups is 1. The number of hydrogen-bond acceptors (Lipinski definition) is 6. The van der Waals surface area contributed by atoms with E-state index in [9.17, 15) is 9.18 Å². The molecular formula is C15H11FN4O2S. The summed E-state index contributed by atoms with van der Waals surface area (Å²) in [6, 6.07) is 11.0. The van der Waals surface area contributed by atoms with Gasteiger partial charge in [-0.15, -0.1) is 10.2 Å². The van der Waals surface area contributed by atoms with Crippen molar-refractivity contribution in [2.75, 3.05) is 11.1 Å². The predicted octanol–water partition coefficient (Wildman–Crippen LogP) is 3.00. The van der Waals surface area contributed by atoms with Crippen molar-refractivity contribution in [3.63, 3.8) is 0 Å². The van der Waals surface area contributed by atoms with Crippen molar-refractivity contribution >= 4 is 23.5 Å². The summed E-state index contributed by atoms with van der Waals surface area (Å²) in [5.74, 6) is 0.305. The molecule has 0 aliphatic carbocycles. The van der Waals surface area contributed by atoms with Crippen LogP contribution in [-0.2, 0) is 4.79 Å². The van der Waals surface area contributed by atoms with Crippen LogP contribution in [0.3, 0.4) is 0 Å². The molecule has 2 heterocycles. The van der Waals surface area contributed by atoms with Crippen LogP contribution in [0.5, 0.6) is 0 Å². The molecule has 23 heavy (non-hydrogen) atoms. The zero-order valence-corrected chi connectivity index (χ0v) is 12.6. The Labute approximate surface area is 135 Å². The molecule has 0 aliphatic heterocycles. The lowest BCUT2D eigenvalue weighted by Gasteiger charge is -2.01. The third-order valence-corrected chi connectivity index (χ3v) is 3.58. The maximum atomic E-state index is 12.9. The highest BCUT2D eigenvalue weighted by molar-refractivity contribution is 7.99. The molecule has 1 amide bonds. The first-order chi connectivity index (χ1) is 11.2. The van der Waals surface area contributed by atoms with Gasteiger partial charge in [0.05, 0.1) is 5.75 Å². The monoisotopic (exact) mass is 330 g/mol. The Kier molecular flexibility index (Phi) is 4.62. The van der Waals surface area contributed by atoms with E-state index in [2.05, 4.69) is 20.5 Å². The van der Waals surface area contributed by atoms with Gasteiger partial charge in [-0.1, -0.05) is 17.8 Å². The highest BCUT2D eigenvalue weighted by Crippen LogP contribution is 2.23. The standard InChI is InChI=1S/C15H11FN4O2S/c16-11-6-4-10(5-7-11)14-19-20-15(22-14)23-9-13(21)18-12-3-1-2-8-17-12/h1-8H,9H2,(H,17,18,21). The van der Waals surface area contributed by atoms with Gasteiger partial charge in [0.1, 0.15) is 11.6 Å². The van der Waals surface area contributed by atoms with E-state index in [1.807, 2.05) is 0 Å². The molecule has 0 spiro atoms. The smallest absolute Gasteiger partial charge is 0.277 e. The second kappa shape index (κ2) is 7.01. The van der Waals surface area contributed by atoms with E-state index in [1.165, 1.54) is 12.1 Å². The molecule has 2 aromatic heterocycles. The summed E-state index contributed by atoms with van der Waals surface area (Å²) >= 11 is 1.11. The van der Waals surface area contributed by atoms with Gasteiger partial charge in [-0.25, -0.2) is 9.37 Å². The molecule has 8 heteroatoms. The Balaban J connectivity index is 1.57. The van der Waals surface area contributed by atoms with E-state index in [4.69, 9.17) is 4.42 Å². The largest absolute Gasteiger partial charge is 0.411 e. The van der Waals surface area contributed by atoms with Crippen LogP contribution >= 0.6 is 11.8 Å². The fourth-order valence-corrected chi connectivity index (χ4v) is 2.28. The maximum absolute atomic E-state index is 12.9. The third kappa shape index (κ3) is 4.13. The van der Waals surface area contributed by atoms with E-state index < -0.39 is 0 Å². The van der Waals surface area contributed by atoms with E-state index in [-0.39, 0.29) is 28.6 Å². The van der Waals surface area contributed by atoms with Crippen LogP contribution in [0.1, 0.15) is 0 Å². The Bertz CT molecular complexity index is 793. The summed E-state index contributed by atoms with van der Waals surface area (Å²) in [7, 11) is 0. The molecule has 1 N–H and O–H groups in total. The summed E-state index contributed by atoms with van der Waals surface area (Å²) in [4.78, 5) is 15.8. The van der Waals surface area contributed by atoms with Crippen LogP contribution < -0.4 is 5.32 Å². The molecule has 0 unspecified atom stereocenters. The van der Waals surface area contributed by atoms with Crippen molar-refractivity contribution in [2.45, 2.75) is 5.22 Å². The molecule has 6 nitrogen and oxygen atoms in total. The number of rotatable bonds is 5. The SMILES string of the molecule is O=C(CSc1nnc(-c2ccc(F)cc2)o1)Nc1ccccn1. The molecule has 0 saturated heterocycles. The van der Waals surface area contributed by atoms with Crippen LogP contribution in [0.2, 0.25) is 0 Å². The van der Waals surface area contributed by atoms with Crippen molar-refractivity contribution < 1.29 is 13.6 Å². The van der Waals surface area contributed by atoms with Gasteiger partial charge < -0.3 is 9.73 Å². The zero-order valence-electron chi connectivity index (χ0n) is 11.8. The Morgan fingerprint density at radius 3 is 2.74 bits per heavy atom. The summed E-state index contributed by atoms with van der Waals surface area (Å²) in [5, 5.41) is 10.6. The topological polar surface area (TPSA) is 80.9 Å². The van der Waals surface area contributed by atoms with E-state index >= 15 is 0 Å². The number of halogens is 1.